The molecule has 0 radical (unpaired) electrons. The van der Waals surface area contributed by atoms with E-state index in [1.54, 1.807) is 0 Å². The number of benzene rings is 3. The molecule has 0 saturated heterocycles. The van der Waals surface area contributed by atoms with Gasteiger partial charge in [-0.15, -0.1) is 0 Å². The third-order valence-electron chi connectivity index (χ3n) is 4.85. The molecule has 0 bridgehead atoms. The summed E-state index contributed by atoms with van der Waals surface area (Å²) in [5.74, 6) is -1.04. The van der Waals surface area contributed by atoms with Crippen LogP contribution in [0.25, 0.3) is 17.2 Å². The third kappa shape index (κ3) is 7.60. The molecule has 2 N–H and O–H groups in total. The zero-order valence-electron chi connectivity index (χ0n) is 19.6. The molecule has 0 spiro atoms. The summed E-state index contributed by atoms with van der Waals surface area (Å²) in [5.41, 5.74) is 5.42. The summed E-state index contributed by atoms with van der Waals surface area (Å²) < 4.78 is 1.33. The Morgan fingerprint density at radius 2 is 1.50 bits per heavy atom. The van der Waals surface area contributed by atoms with E-state index in [0.29, 0.717) is 10.1 Å². The van der Waals surface area contributed by atoms with Gasteiger partial charge in [-0.25, -0.2) is 0 Å². The predicted molar refractivity (Wildman–Crippen MR) is 143 cm³/mol. The molecule has 1 amide bonds. The molecule has 1 aliphatic heterocycles. The van der Waals surface area contributed by atoms with Gasteiger partial charge in [0.05, 0.1) is 0 Å². The van der Waals surface area contributed by atoms with E-state index in [1.807, 2.05) is 44.4 Å². The Morgan fingerprint density at radius 3 is 2.03 bits per heavy atom. The number of anilines is 2. The Balaban J connectivity index is 0.000000751. The van der Waals surface area contributed by atoms with Crippen molar-refractivity contribution in [2.24, 2.45) is 4.99 Å². The van der Waals surface area contributed by atoms with Crippen LogP contribution in [0.4, 0.5) is 11.4 Å². The van der Waals surface area contributed by atoms with E-state index >= 15 is 0 Å². The summed E-state index contributed by atoms with van der Waals surface area (Å²) in [6.45, 7) is 1.08. The quantitative estimate of drug-likeness (QED) is 0.425. The molecule has 168 valence electrons. The van der Waals surface area contributed by atoms with E-state index in [-0.39, 0.29) is 5.91 Å². The molecule has 0 unspecified atom stereocenters. The number of aliphatic carboxylic acids is 1. The normalized spacial score (nSPS) is 13.7. The van der Waals surface area contributed by atoms with Gasteiger partial charge in [-0.3, -0.25) is 4.79 Å². The van der Waals surface area contributed by atoms with Crippen LogP contribution < -0.4 is 13.0 Å². The molecule has 6 nitrogen and oxygen atoms in total. The first-order valence-electron chi connectivity index (χ1n) is 10.6. The van der Waals surface area contributed by atoms with Crippen LogP contribution in [0.1, 0.15) is 12.5 Å². The van der Waals surface area contributed by atoms with E-state index in [4.69, 9.17) is 9.90 Å². The number of nitrogens with one attached hydrogen (secondary N) is 1. The second kappa shape index (κ2) is 12.0. The molecule has 4 rings (SSSR count). The van der Waals surface area contributed by atoms with Crippen LogP contribution in [0.5, 0.6) is 0 Å². The second-order valence-corrected chi connectivity index (χ2v) is 10.1. The molecule has 0 aliphatic carbocycles. The molecular formula is C26H24N3NaO3S. The summed E-state index contributed by atoms with van der Waals surface area (Å²) in [5, 5.41) is 11.3. The minimum absolute atomic E-state index is 0.203. The Kier molecular flexibility index (Phi) is 9.12. The van der Waals surface area contributed by atoms with E-state index in [2.05, 4.69) is 63.7 Å². The predicted octanol–water partition coefficient (Wildman–Crippen LogP) is 4.39. The van der Waals surface area contributed by atoms with E-state index < -0.39 is 5.97 Å². The summed E-state index contributed by atoms with van der Waals surface area (Å²) in [7, 11) is 4.07. The SMILES string of the molecule is CC(=O)O.CN(C)c1ccc(-c2ccc(/C=C3/SC(Nc4cc[c]([Na])cc4)=NC3=O)cc2)cc1. The number of thioether (sulfide) groups is 1. The molecule has 0 atom stereocenters. The molecule has 1 aliphatic rings. The van der Waals surface area contributed by atoms with Crippen LogP contribution in [0.2, 0.25) is 0 Å². The maximum atomic E-state index is 12.3. The molecule has 8 heteroatoms. The van der Waals surface area contributed by atoms with E-state index in [9.17, 15) is 4.79 Å². The number of rotatable bonds is 4. The Morgan fingerprint density at radius 1 is 0.971 bits per heavy atom. The summed E-state index contributed by atoms with van der Waals surface area (Å²) in [6.07, 6.45) is 1.89. The zero-order valence-corrected chi connectivity index (χ0v) is 22.4. The number of carboxylic acid groups (broad SMARTS) is 1. The number of carbonyl (C=O) groups excluding carboxylic acids is 1. The molecule has 1 heterocycles. The molecule has 0 fully saturated rings. The summed E-state index contributed by atoms with van der Waals surface area (Å²) in [6, 6.07) is 24.9. The average Bonchev–Trinajstić information content (AvgIpc) is 3.14. The molecular weight excluding hydrogens is 457 g/mol. The fourth-order valence-corrected chi connectivity index (χ4v) is 4.27. The first-order valence-corrected chi connectivity index (χ1v) is 12.5. The van der Waals surface area contributed by atoms with Crippen molar-refractivity contribution in [2.45, 2.75) is 6.92 Å². The second-order valence-electron chi connectivity index (χ2n) is 7.91. The number of carbonyl (C=O) groups is 2. The van der Waals surface area contributed by atoms with Crippen molar-refractivity contribution in [3.63, 3.8) is 0 Å². The molecule has 0 saturated carbocycles. The molecule has 0 aromatic heterocycles. The third-order valence-corrected chi connectivity index (χ3v) is 6.41. The van der Waals surface area contributed by atoms with Crippen molar-refractivity contribution < 1.29 is 14.7 Å². The van der Waals surface area contributed by atoms with Gasteiger partial charge < -0.3 is 10.0 Å². The van der Waals surface area contributed by atoms with Crippen LogP contribution in [0.3, 0.4) is 0 Å². The van der Waals surface area contributed by atoms with Gasteiger partial charge >= 0.3 is 139 Å². The number of hydrogen-bond acceptors (Lipinski definition) is 5. The van der Waals surface area contributed by atoms with Gasteiger partial charge in [-0.1, -0.05) is 12.1 Å². The number of amides is 1. The standard InChI is InChI=1S/C24H20N3OS.C2H4O2.Na/c1-27(2)21-14-12-19(13-15-21)18-10-8-17(9-11-18)16-22-23(28)26-24(29-22)25-20-6-4-3-5-7-20;1-2(3)4;/h4-16H,1-2H3,(H,25,26,28);1H3,(H,3,4);/b22-16+;;. The Bertz CT molecular complexity index is 1220. The van der Waals surface area contributed by atoms with Crippen molar-refractivity contribution in [2.75, 3.05) is 24.3 Å². The Labute approximate surface area is 221 Å². The number of amidine groups is 1. The van der Waals surface area contributed by atoms with Crippen molar-refractivity contribution in [1.82, 2.24) is 0 Å². The topological polar surface area (TPSA) is 82.0 Å². The van der Waals surface area contributed by atoms with E-state index in [1.165, 1.54) is 25.8 Å². The fraction of sp³-hybridized carbons (Fsp3) is 0.115. The van der Waals surface area contributed by atoms with Crippen molar-refractivity contribution in [3.8, 4) is 11.1 Å². The first-order chi connectivity index (χ1) is 16.2. The summed E-state index contributed by atoms with van der Waals surface area (Å²) >= 11 is 2.40. The average molecular weight is 482 g/mol. The smallest absolute Gasteiger partial charge is 0.0523 e. The number of carboxylic acids is 1. The van der Waals surface area contributed by atoms with Crippen LogP contribution in [-0.4, -0.2) is 64.2 Å². The van der Waals surface area contributed by atoms with Crippen LogP contribution in [0, 0.1) is 0 Å². The van der Waals surface area contributed by atoms with Gasteiger partial charge in [0.15, 0.2) is 0 Å². The molecule has 3 aromatic carbocycles. The summed E-state index contributed by atoms with van der Waals surface area (Å²) in [4.78, 5) is 28.1. The van der Waals surface area contributed by atoms with Crippen molar-refractivity contribution in [3.05, 3.63) is 83.3 Å². The minimum atomic E-state index is -0.833. The van der Waals surface area contributed by atoms with Gasteiger partial charge in [-0.2, -0.15) is 0 Å². The van der Waals surface area contributed by atoms with Crippen LogP contribution in [-0.2, 0) is 9.59 Å². The number of hydrogen-bond donors (Lipinski definition) is 2. The van der Waals surface area contributed by atoms with Crippen molar-refractivity contribution in [1.29, 1.82) is 0 Å². The van der Waals surface area contributed by atoms with E-state index in [0.717, 1.165) is 51.7 Å². The van der Waals surface area contributed by atoms with Gasteiger partial charge in [0, 0.05) is 26.7 Å². The number of nitrogens with zero attached hydrogens (tertiary/aromatic N) is 2. The van der Waals surface area contributed by atoms with Gasteiger partial charge in [0.2, 0.25) is 0 Å². The van der Waals surface area contributed by atoms with Crippen LogP contribution in [0.15, 0.2) is 82.7 Å². The van der Waals surface area contributed by atoms with Gasteiger partial charge in [0.25, 0.3) is 5.97 Å². The first kappa shape index (κ1) is 25.8. The van der Waals surface area contributed by atoms with Gasteiger partial charge in [0.1, 0.15) is 0 Å². The minimum Gasteiger partial charge on any atom is -0.0523 e. The number of aliphatic imine (C=N–C) groups is 1. The monoisotopic (exact) mass is 481 g/mol. The molecule has 3 aromatic rings. The fourth-order valence-electron chi connectivity index (χ4n) is 3.10. The molecule has 34 heavy (non-hydrogen) atoms. The van der Waals surface area contributed by atoms with Gasteiger partial charge in [-0.05, 0) is 23.3 Å². The zero-order chi connectivity index (χ0) is 24.7. The maximum absolute atomic E-state index is 12.3. The van der Waals surface area contributed by atoms with Crippen LogP contribution >= 0.6 is 11.8 Å². The van der Waals surface area contributed by atoms with Crippen molar-refractivity contribution >= 4 is 77.0 Å². The Hall–Kier alpha value is -2.84.